The van der Waals surface area contributed by atoms with Crippen LogP contribution in [0.4, 0.5) is 11.4 Å². The summed E-state index contributed by atoms with van der Waals surface area (Å²) >= 11 is 0. The number of hydrogen-bond donors (Lipinski definition) is 2. The zero-order valence-electron chi connectivity index (χ0n) is 16.3. The van der Waals surface area contributed by atoms with E-state index >= 15 is 0 Å². The van der Waals surface area contributed by atoms with E-state index in [1.165, 1.54) is 30.3 Å². The molecule has 2 amide bonds. The second-order valence-electron chi connectivity index (χ2n) is 6.48. The molecule has 0 fully saturated rings. The van der Waals surface area contributed by atoms with E-state index in [4.69, 9.17) is 4.74 Å². The second kappa shape index (κ2) is 8.52. The average Bonchev–Trinajstić information content (AvgIpc) is 2.86. The second-order valence-corrected chi connectivity index (χ2v) is 8.16. The molecule has 0 spiro atoms. The number of sulfonamides is 1. The smallest absolute Gasteiger partial charge is 0.261 e. The first kappa shape index (κ1) is 20.7. The summed E-state index contributed by atoms with van der Waals surface area (Å²) in [6.07, 6.45) is 0.331. The number of nitrogens with zero attached hydrogens (tertiary/aromatic N) is 1. The van der Waals surface area contributed by atoms with Crippen LogP contribution in [0, 0.1) is 0 Å². The number of carbonyl (C=O) groups is 2. The lowest BCUT2D eigenvalue weighted by atomic mass is 10.1. The molecule has 0 aliphatic carbocycles. The Morgan fingerprint density at radius 2 is 1.79 bits per heavy atom. The highest BCUT2D eigenvalue weighted by atomic mass is 32.2. The highest BCUT2D eigenvalue weighted by Gasteiger charge is 2.24. The topological polar surface area (TPSA) is 105 Å². The Kier molecular flexibility index (Phi) is 6.07. The molecule has 1 heterocycles. The van der Waals surface area contributed by atoms with Crippen molar-refractivity contribution < 1.29 is 22.7 Å². The molecule has 0 aromatic heterocycles. The maximum Gasteiger partial charge on any atom is 0.261 e. The van der Waals surface area contributed by atoms with Crippen LogP contribution in [-0.4, -0.2) is 44.8 Å². The van der Waals surface area contributed by atoms with Crippen LogP contribution in [0.1, 0.15) is 30.6 Å². The fourth-order valence-corrected chi connectivity index (χ4v) is 3.96. The lowest BCUT2D eigenvalue weighted by Gasteiger charge is -2.17. The zero-order chi connectivity index (χ0) is 21.0. The number of fused-ring (bicyclic) bond motifs is 1. The van der Waals surface area contributed by atoms with E-state index in [0.29, 0.717) is 43.1 Å². The van der Waals surface area contributed by atoms with Crippen LogP contribution in [0.3, 0.4) is 0 Å². The number of likely N-dealkylation sites (N-methyl/N-ethyl adjacent to an activating group) is 1. The number of carbonyl (C=O) groups excluding carboxylic acids is 2. The van der Waals surface area contributed by atoms with Gasteiger partial charge in [0.1, 0.15) is 12.4 Å². The molecule has 0 saturated heterocycles. The summed E-state index contributed by atoms with van der Waals surface area (Å²) in [5.41, 5.74) is 1.10. The first-order valence-corrected chi connectivity index (χ1v) is 10.8. The predicted octanol–water partition coefficient (Wildman–Crippen LogP) is 2.69. The number of ether oxygens (including phenoxy) is 1. The van der Waals surface area contributed by atoms with Crippen LogP contribution in [0.15, 0.2) is 47.4 Å². The van der Waals surface area contributed by atoms with Gasteiger partial charge in [0.2, 0.25) is 5.91 Å². The van der Waals surface area contributed by atoms with Crippen molar-refractivity contribution >= 4 is 33.2 Å². The van der Waals surface area contributed by atoms with Gasteiger partial charge < -0.3 is 15.0 Å². The number of hydrogen-bond acceptors (Lipinski definition) is 5. The lowest BCUT2D eigenvalue weighted by Crippen LogP contribution is -2.32. The number of anilines is 2. The Bertz CT molecular complexity index is 1020. The third-order valence-electron chi connectivity index (χ3n) is 4.52. The van der Waals surface area contributed by atoms with Gasteiger partial charge in [-0.15, -0.1) is 0 Å². The first-order chi connectivity index (χ1) is 13.8. The highest BCUT2D eigenvalue weighted by molar-refractivity contribution is 7.92. The summed E-state index contributed by atoms with van der Waals surface area (Å²) < 4.78 is 33.5. The molecule has 0 saturated carbocycles. The number of rotatable bonds is 6. The molecule has 0 unspecified atom stereocenters. The van der Waals surface area contributed by atoms with Crippen LogP contribution < -0.4 is 14.8 Å². The molecule has 3 rings (SSSR count). The Morgan fingerprint density at radius 1 is 1.10 bits per heavy atom. The van der Waals surface area contributed by atoms with Crippen molar-refractivity contribution in [3.05, 3.63) is 48.0 Å². The third-order valence-corrected chi connectivity index (χ3v) is 5.92. The van der Waals surface area contributed by atoms with Crippen LogP contribution in [0.25, 0.3) is 0 Å². The Balaban J connectivity index is 1.82. The standard InChI is InChI=1S/C20H23N3O5S/c1-3-19(24)21-14-5-8-16(9-6-14)29(26,27)22-15-7-10-18-17(13-15)20(25)23(4-2)11-12-28-18/h5-10,13,22H,3-4,11-12H2,1-2H3,(H,21,24). The summed E-state index contributed by atoms with van der Waals surface area (Å²) in [6, 6.07) is 10.5. The molecule has 29 heavy (non-hydrogen) atoms. The number of nitrogens with one attached hydrogen (secondary N) is 2. The van der Waals surface area contributed by atoms with Gasteiger partial charge in [0.05, 0.1) is 17.0 Å². The van der Waals surface area contributed by atoms with Gasteiger partial charge in [-0.3, -0.25) is 14.3 Å². The Labute approximate surface area is 169 Å². The molecule has 2 aromatic carbocycles. The van der Waals surface area contributed by atoms with Crippen molar-refractivity contribution in [2.45, 2.75) is 25.2 Å². The predicted molar refractivity (Wildman–Crippen MR) is 110 cm³/mol. The number of amides is 2. The normalized spacial score (nSPS) is 13.9. The molecule has 8 nitrogen and oxygen atoms in total. The van der Waals surface area contributed by atoms with E-state index in [2.05, 4.69) is 10.0 Å². The molecule has 154 valence electrons. The molecule has 1 aliphatic rings. The SMILES string of the molecule is CCC(=O)Nc1ccc(S(=O)(=O)Nc2ccc3c(c2)C(=O)N(CC)CCO3)cc1. The fraction of sp³-hybridized carbons (Fsp3) is 0.300. The van der Waals surface area contributed by atoms with Crippen LogP contribution in [0.5, 0.6) is 5.75 Å². The van der Waals surface area contributed by atoms with Crippen LogP contribution >= 0.6 is 0 Å². The van der Waals surface area contributed by atoms with E-state index in [0.717, 1.165) is 0 Å². The third kappa shape index (κ3) is 4.68. The molecular formula is C20H23N3O5S. The highest BCUT2D eigenvalue weighted by Crippen LogP contribution is 2.28. The van der Waals surface area contributed by atoms with E-state index in [1.807, 2.05) is 6.92 Å². The van der Waals surface area contributed by atoms with Gasteiger partial charge in [0.15, 0.2) is 0 Å². The van der Waals surface area contributed by atoms with Crippen molar-refractivity contribution in [2.24, 2.45) is 0 Å². The maximum atomic E-state index is 12.7. The summed E-state index contributed by atoms with van der Waals surface area (Å²) in [7, 11) is -3.86. The zero-order valence-corrected chi connectivity index (χ0v) is 17.1. The van der Waals surface area contributed by atoms with E-state index in [-0.39, 0.29) is 22.4 Å². The molecule has 0 bridgehead atoms. The average molecular weight is 417 g/mol. The summed E-state index contributed by atoms with van der Waals surface area (Å²) in [5, 5.41) is 2.66. The largest absolute Gasteiger partial charge is 0.491 e. The minimum absolute atomic E-state index is 0.0414. The molecule has 0 atom stereocenters. The van der Waals surface area contributed by atoms with Crippen molar-refractivity contribution in [1.29, 1.82) is 0 Å². The number of benzene rings is 2. The van der Waals surface area contributed by atoms with Crippen molar-refractivity contribution in [2.75, 3.05) is 29.7 Å². The van der Waals surface area contributed by atoms with Crippen molar-refractivity contribution in [3.8, 4) is 5.75 Å². The molecule has 2 aromatic rings. The van der Waals surface area contributed by atoms with Gasteiger partial charge in [0.25, 0.3) is 15.9 Å². The van der Waals surface area contributed by atoms with Crippen LogP contribution in [0.2, 0.25) is 0 Å². The molecular weight excluding hydrogens is 394 g/mol. The maximum absolute atomic E-state index is 12.7. The molecule has 2 N–H and O–H groups in total. The molecule has 0 radical (unpaired) electrons. The van der Waals surface area contributed by atoms with Gasteiger partial charge in [0, 0.05) is 24.3 Å². The molecule has 9 heteroatoms. The van der Waals surface area contributed by atoms with Gasteiger partial charge in [-0.1, -0.05) is 6.92 Å². The van der Waals surface area contributed by atoms with Crippen LogP contribution in [-0.2, 0) is 14.8 Å². The van der Waals surface area contributed by atoms with Gasteiger partial charge >= 0.3 is 0 Å². The quantitative estimate of drug-likeness (QED) is 0.752. The Hall–Kier alpha value is -3.07. The monoisotopic (exact) mass is 417 g/mol. The minimum Gasteiger partial charge on any atom is -0.491 e. The molecule has 1 aliphatic heterocycles. The van der Waals surface area contributed by atoms with Crippen molar-refractivity contribution in [1.82, 2.24) is 4.90 Å². The lowest BCUT2D eigenvalue weighted by molar-refractivity contribution is -0.115. The summed E-state index contributed by atoms with van der Waals surface area (Å²) in [4.78, 5) is 25.8. The summed E-state index contributed by atoms with van der Waals surface area (Å²) in [6.45, 7) is 5.01. The van der Waals surface area contributed by atoms with Gasteiger partial charge in [-0.25, -0.2) is 8.42 Å². The van der Waals surface area contributed by atoms with Gasteiger partial charge in [-0.05, 0) is 49.4 Å². The summed E-state index contributed by atoms with van der Waals surface area (Å²) in [5.74, 6) is 0.0821. The first-order valence-electron chi connectivity index (χ1n) is 9.33. The minimum atomic E-state index is -3.86. The Morgan fingerprint density at radius 3 is 2.45 bits per heavy atom. The fourth-order valence-electron chi connectivity index (χ4n) is 2.91. The van der Waals surface area contributed by atoms with E-state index in [9.17, 15) is 18.0 Å². The van der Waals surface area contributed by atoms with E-state index in [1.54, 1.807) is 24.0 Å². The van der Waals surface area contributed by atoms with Gasteiger partial charge in [-0.2, -0.15) is 0 Å². The van der Waals surface area contributed by atoms with Crippen molar-refractivity contribution in [3.63, 3.8) is 0 Å². The van der Waals surface area contributed by atoms with E-state index < -0.39 is 10.0 Å².